The van der Waals surface area contributed by atoms with E-state index in [9.17, 15) is 8.42 Å². The number of rotatable bonds is 6. The fraction of sp³-hybridized carbons (Fsp3) is 0.250. The lowest BCUT2D eigenvalue weighted by Gasteiger charge is -2.25. The molecule has 0 unspecified atom stereocenters. The monoisotopic (exact) mass is 369 g/mol. The van der Waals surface area contributed by atoms with Crippen molar-refractivity contribution in [3.63, 3.8) is 0 Å². The number of aromatic nitrogens is 1. The molecule has 1 atom stereocenters. The molecule has 0 aliphatic heterocycles. The number of likely N-dealkylation sites (N-methyl/N-ethyl adjacent to an activating group) is 1. The van der Waals surface area contributed by atoms with Crippen LogP contribution in [0.3, 0.4) is 0 Å². The summed E-state index contributed by atoms with van der Waals surface area (Å²) in [6, 6.07) is 16.8. The molecule has 1 N–H and O–H groups in total. The first-order valence-electron chi connectivity index (χ1n) is 8.45. The molecule has 2 aromatic carbocycles. The van der Waals surface area contributed by atoms with Gasteiger partial charge in [-0.2, -0.15) is 0 Å². The molecular weight excluding hydrogens is 346 g/mol. The molecule has 0 amide bonds. The van der Waals surface area contributed by atoms with Gasteiger partial charge in [0, 0.05) is 24.2 Å². The second-order valence-corrected chi connectivity index (χ2v) is 8.26. The van der Waals surface area contributed by atoms with Crippen molar-refractivity contribution in [2.24, 2.45) is 0 Å². The van der Waals surface area contributed by atoms with Crippen molar-refractivity contribution in [3.8, 4) is 0 Å². The summed E-state index contributed by atoms with van der Waals surface area (Å²) in [5, 5.41) is 0.640. The van der Waals surface area contributed by atoms with Crippen LogP contribution in [-0.4, -0.2) is 38.9 Å². The summed E-state index contributed by atoms with van der Waals surface area (Å²) in [7, 11) is 0.226. The fourth-order valence-electron chi connectivity index (χ4n) is 3.06. The van der Waals surface area contributed by atoms with Crippen molar-refractivity contribution in [2.45, 2.75) is 17.9 Å². The van der Waals surface area contributed by atoms with Gasteiger partial charge in [0.25, 0.3) is 0 Å². The predicted molar refractivity (Wildman–Crippen MR) is 105 cm³/mol. The number of hydrogen-bond acceptors (Lipinski definition) is 4. The largest absolute Gasteiger partial charge is 0.301 e. The van der Waals surface area contributed by atoms with Crippen molar-refractivity contribution < 1.29 is 8.42 Å². The Bertz CT molecular complexity index is 1000. The lowest BCUT2D eigenvalue weighted by atomic mass is 10.1. The van der Waals surface area contributed by atoms with Crippen LogP contribution in [0.5, 0.6) is 0 Å². The Balaban J connectivity index is 1.91. The maximum absolute atomic E-state index is 13.0. The molecule has 0 radical (unpaired) electrons. The zero-order valence-corrected chi connectivity index (χ0v) is 16.0. The SMILES string of the molecule is Cc1ccc(S(=O)(=O)NC[C@@H](c2ccccc2)N(C)C)c2cccnc12. The first kappa shape index (κ1) is 18.5. The number of nitrogens with zero attached hydrogens (tertiary/aromatic N) is 2. The van der Waals surface area contributed by atoms with Gasteiger partial charge in [0.15, 0.2) is 0 Å². The highest BCUT2D eigenvalue weighted by Crippen LogP contribution is 2.25. The van der Waals surface area contributed by atoms with Gasteiger partial charge in [-0.05, 0) is 50.3 Å². The molecule has 1 aromatic heterocycles. The third-order valence-corrected chi connectivity index (χ3v) is 5.98. The molecule has 0 aliphatic rings. The maximum atomic E-state index is 13.0. The van der Waals surface area contributed by atoms with Crippen molar-refractivity contribution in [1.82, 2.24) is 14.6 Å². The minimum absolute atomic E-state index is 0.0548. The lowest BCUT2D eigenvalue weighted by molar-refractivity contribution is 0.299. The first-order chi connectivity index (χ1) is 12.4. The molecule has 0 aliphatic carbocycles. The van der Waals surface area contributed by atoms with E-state index in [1.54, 1.807) is 30.5 Å². The van der Waals surface area contributed by atoms with E-state index in [0.29, 0.717) is 10.9 Å². The van der Waals surface area contributed by atoms with E-state index in [-0.39, 0.29) is 17.5 Å². The number of sulfonamides is 1. The molecule has 0 bridgehead atoms. The number of pyridine rings is 1. The lowest BCUT2D eigenvalue weighted by Crippen LogP contribution is -2.34. The summed E-state index contributed by atoms with van der Waals surface area (Å²) in [5.74, 6) is 0. The van der Waals surface area contributed by atoms with Crippen LogP contribution < -0.4 is 4.72 Å². The Morgan fingerprint density at radius 2 is 1.77 bits per heavy atom. The molecular formula is C20H23N3O2S. The summed E-state index contributed by atoms with van der Waals surface area (Å²) >= 11 is 0. The second-order valence-electron chi connectivity index (χ2n) is 6.52. The molecule has 5 nitrogen and oxygen atoms in total. The van der Waals surface area contributed by atoms with Gasteiger partial charge in [-0.25, -0.2) is 13.1 Å². The van der Waals surface area contributed by atoms with Crippen LogP contribution >= 0.6 is 0 Å². The Morgan fingerprint density at radius 1 is 1.04 bits per heavy atom. The summed E-state index contributed by atoms with van der Waals surface area (Å²) in [6.45, 7) is 2.21. The van der Waals surface area contributed by atoms with Gasteiger partial charge >= 0.3 is 0 Å². The third kappa shape index (κ3) is 3.77. The molecule has 3 rings (SSSR count). The Hall–Kier alpha value is -2.28. The van der Waals surface area contributed by atoms with Crippen molar-refractivity contribution >= 4 is 20.9 Å². The molecule has 26 heavy (non-hydrogen) atoms. The van der Waals surface area contributed by atoms with Crippen molar-refractivity contribution in [3.05, 3.63) is 71.9 Å². The Kier molecular flexibility index (Phi) is 5.36. The number of aryl methyl sites for hydroxylation is 1. The quantitative estimate of drug-likeness (QED) is 0.725. The zero-order valence-electron chi connectivity index (χ0n) is 15.2. The van der Waals surface area contributed by atoms with Gasteiger partial charge in [-0.3, -0.25) is 4.98 Å². The van der Waals surface area contributed by atoms with Gasteiger partial charge in [-0.1, -0.05) is 36.4 Å². The van der Waals surface area contributed by atoms with E-state index < -0.39 is 10.0 Å². The molecule has 0 spiro atoms. The second kappa shape index (κ2) is 7.53. The average Bonchev–Trinajstić information content (AvgIpc) is 2.62. The highest BCUT2D eigenvalue weighted by atomic mass is 32.2. The van der Waals surface area contributed by atoms with E-state index in [2.05, 4.69) is 9.71 Å². The Morgan fingerprint density at radius 3 is 2.46 bits per heavy atom. The molecule has 0 fully saturated rings. The number of fused-ring (bicyclic) bond motifs is 1. The maximum Gasteiger partial charge on any atom is 0.241 e. The van der Waals surface area contributed by atoms with Gasteiger partial charge in [-0.15, -0.1) is 0 Å². The molecule has 0 saturated carbocycles. The minimum Gasteiger partial charge on any atom is -0.301 e. The van der Waals surface area contributed by atoms with Crippen LogP contribution in [-0.2, 0) is 10.0 Å². The summed E-state index contributed by atoms with van der Waals surface area (Å²) in [6.07, 6.45) is 1.68. The van der Waals surface area contributed by atoms with Crippen LogP contribution in [0, 0.1) is 6.92 Å². The first-order valence-corrected chi connectivity index (χ1v) is 9.94. The van der Waals surface area contributed by atoms with Crippen molar-refractivity contribution in [1.29, 1.82) is 0 Å². The number of hydrogen-bond donors (Lipinski definition) is 1. The third-order valence-electron chi connectivity index (χ3n) is 4.50. The van der Waals surface area contributed by atoms with E-state index in [4.69, 9.17) is 0 Å². The average molecular weight is 369 g/mol. The molecule has 136 valence electrons. The van der Waals surface area contributed by atoms with E-state index in [1.165, 1.54) is 0 Å². The Labute approximate surface area is 154 Å². The summed E-state index contributed by atoms with van der Waals surface area (Å²) in [5.41, 5.74) is 2.73. The summed E-state index contributed by atoms with van der Waals surface area (Å²) in [4.78, 5) is 6.59. The van der Waals surface area contributed by atoms with Crippen LogP contribution in [0.1, 0.15) is 17.2 Å². The minimum atomic E-state index is -3.66. The van der Waals surface area contributed by atoms with Gasteiger partial charge in [0.05, 0.1) is 10.4 Å². The zero-order chi connectivity index (χ0) is 18.7. The predicted octanol–water partition coefficient (Wildman–Crippen LogP) is 3.12. The molecule has 0 saturated heterocycles. The summed E-state index contributed by atoms with van der Waals surface area (Å²) < 4.78 is 28.7. The normalized spacial score (nSPS) is 13.2. The van der Waals surface area contributed by atoms with E-state index in [1.807, 2.05) is 56.3 Å². The fourth-order valence-corrected chi connectivity index (χ4v) is 4.30. The van der Waals surface area contributed by atoms with Gasteiger partial charge in [0.1, 0.15) is 0 Å². The standard InChI is InChI=1S/C20H23N3O2S/c1-15-11-12-19(17-10-7-13-21-20(15)17)26(24,25)22-14-18(23(2)3)16-8-5-4-6-9-16/h4-13,18,22H,14H2,1-3H3/t18-/m0/s1. The topological polar surface area (TPSA) is 62.3 Å². The highest BCUT2D eigenvalue weighted by Gasteiger charge is 2.22. The number of benzene rings is 2. The van der Waals surface area contributed by atoms with Crippen LogP contribution in [0.25, 0.3) is 10.9 Å². The van der Waals surface area contributed by atoms with E-state index >= 15 is 0 Å². The molecule has 1 heterocycles. The smallest absolute Gasteiger partial charge is 0.241 e. The van der Waals surface area contributed by atoms with Crippen molar-refractivity contribution in [2.75, 3.05) is 20.6 Å². The van der Waals surface area contributed by atoms with Crippen LogP contribution in [0.2, 0.25) is 0 Å². The number of nitrogens with one attached hydrogen (secondary N) is 1. The van der Waals surface area contributed by atoms with E-state index in [0.717, 1.165) is 11.1 Å². The van der Waals surface area contributed by atoms with Gasteiger partial charge < -0.3 is 4.90 Å². The van der Waals surface area contributed by atoms with Crippen LogP contribution in [0.4, 0.5) is 0 Å². The van der Waals surface area contributed by atoms with Gasteiger partial charge in [0.2, 0.25) is 10.0 Å². The molecule has 6 heteroatoms. The van der Waals surface area contributed by atoms with Crippen LogP contribution in [0.15, 0.2) is 65.7 Å². The highest BCUT2D eigenvalue weighted by molar-refractivity contribution is 7.89. The molecule has 3 aromatic rings.